The molecule has 3 heteroatoms. The van der Waals surface area contributed by atoms with Gasteiger partial charge in [0.25, 0.3) is 0 Å². The van der Waals surface area contributed by atoms with Crippen LogP contribution < -0.4 is 5.32 Å². The lowest BCUT2D eigenvalue weighted by Gasteiger charge is -2.24. The Labute approximate surface area is 111 Å². The van der Waals surface area contributed by atoms with Crippen molar-refractivity contribution >= 4 is 0 Å². The number of hydrogen-bond acceptors (Lipinski definition) is 3. The fourth-order valence-electron chi connectivity index (χ4n) is 2.68. The van der Waals surface area contributed by atoms with Gasteiger partial charge in [0, 0.05) is 19.1 Å². The second kappa shape index (κ2) is 6.54. The normalized spacial score (nSPS) is 25.1. The van der Waals surface area contributed by atoms with Gasteiger partial charge < -0.3 is 4.74 Å². The zero-order chi connectivity index (χ0) is 12.8. The molecular formula is C15H26N2O. The van der Waals surface area contributed by atoms with Crippen molar-refractivity contribution in [2.45, 2.75) is 82.4 Å². The van der Waals surface area contributed by atoms with Gasteiger partial charge in [-0.3, -0.25) is 5.32 Å². The zero-order valence-electron chi connectivity index (χ0n) is 11.6. The first-order valence-corrected chi connectivity index (χ1v) is 7.52. The molecule has 1 N–H and O–H groups in total. The van der Waals surface area contributed by atoms with E-state index in [-0.39, 0.29) is 0 Å². The van der Waals surface area contributed by atoms with Gasteiger partial charge in [-0.1, -0.05) is 25.7 Å². The molecule has 0 aromatic carbocycles. The van der Waals surface area contributed by atoms with Crippen molar-refractivity contribution in [1.82, 2.24) is 5.32 Å². The number of ether oxygens (including phenoxy) is 1. The average molecular weight is 250 g/mol. The Hall–Kier alpha value is -0.590. The SMILES string of the molecule is CC(C#N)(CCOC1CCCCCC1)NC1CC1. The van der Waals surface area contributed by atoms with Crippen LogP contribution in [0.25, 0.3) is 0 Å². The van der Waals surface area contributed by atoms with Crippen molar-refractivity contribution in [3.8, 4) is 6.07 Å². The maximum atomic E-state index is 9.28. The maximum Gasteiger partial charge on any atom is 0.106 e. The molecule has 0 radical (unpaired) electrons. The molecule has 18 heavy (non-hydrogen) atoms. The van der Waals surface area contributed by atoms with Gasteiger partial charge in [0.2, 0.25) is 0 Å². The molecule has 2 fully saturated rings. The van der Waals surface area contributed by atoms with E-state index in [0.717, 1.165) is 6.42 Å². The van der Waals surface area contributed by atoms with Crippen LogP contribution in [0.5, 0.6) is 0 Å². The highest BCUT2D eigenvalue weighted by atomic mass is 16.5. The van der Waals surface area contributed by atoms with Crippen LogP contribution in [0.4, 0.5) is 0 Å². The number of hydrogen-bond donors (Lipinski definition) is 1. The first kappa shape index (κ1) is 13.8. The van der Waals surface area contributed by atoms with Crippen molar-refractivity contribution in [2.24, 2.45) is 0 Å². The van der Waals surface area contributed by atoms with E-state index in [1.165, 1.54) is 51.4 Å². The van der Waals surface area contributed by atoms with E-state index in [1.54, 1.807) is 0 Å². The highest BCUT2D eigenvalue weighted by Gasteiger charge is 2.32. The highest BCUT2D eigenvalue weighted by Crippen LogP contribution is 2.24. The van der Waals surface area contributed by atoms with Gasteiger partial charge in [0.15, 0.2) is 0 Å². The van der Waals surface area contributed by atoms with E-state index in [4.69, 9.17) is 4.74 Å². The Kier molecular flexibility index (Phi) is 5.03. The summed E-state index contributed by atoms with van der Waals surface area (Å²) in [5.74, 6) is 0. The third kappa shape index (κ3) is 4.59. The molecule has 0 amide bonds. The van der Waals surface area contributed by atoms with Crippen molar-refractivity contribution in [3.63, 3.8) is 0 Å². The molecule has 0 saturated heterocycles. The van der Waals surface area contributed by atoms with Crippen LogP contribution in [-0.2, 0) is 4.74 Å². The number of rotatable bonds is 6. The highest BCUT2D eigenvalue weighted by molar-refractivity contribution is 5.07. The summed E-state index contributed by atoms with van der Waals surface area (Å²) in [5, 5.41) is 12.7. The first-order valence-electron chi connectivity index (χ1n) is 7.52. The van der Waals surface area contributed by atoms with Gasteiger partial charge in [0.05, 0.1) is 12.2 Å². The van der Waals surface area contributed by atoms with Crippen LogP contribution in [0, 0.1) is 11.3 Å². The van der Waals surface area contributed by atoms with Crippen molar-refractivity contribution in [2.75, 3.05) is 6.61 Å². The molecular weight excluding hydrogens is 224 g/mol. The lowest BCUT2D eigenvalue weighted by atomic mass is 10.0. The topological polar surface area (TPSA) is 45.0 Å². The smallest absolute Gasteiger partial charge is 0.106 e. The molecule has 2 rings (SSSR count). The predicted molar refractivity (Wildman–Crippen MR) is 72.2 cm³/mol. The molecule has 0 aliphatic heterocycles. The number of nitriles is 1. The van der Waals surface area contributed by atoms with Crippen LogP contribution in [0.1, 0.15) is 64.7 Å². The number of nitrogens with zero attached hydrogens (tertiary/aromatic N) is 1. The van der Waals surface area contributed by atoms with Crippen molar-refractivity contribution in [1.29, 1.82) is 5.26 Å². The van der Waals surface area contributed by atoms with Gasteiger partial charge in [0.1, 0.15) is 5.54 Å². The summed E-state index contributed by atoms with van der Waals surface area (Å²) in [6.07, 6.45) is 11.4. The molecule has 0 aromatic heterocycles. The third-order valence-electron chi connectivity index (χ3n) is 4.10. The zero-order valence-corrected chi connectivity index (χ0v) is 11.6. The summed E-state index contributed by atoms with van der Waals surface area (Å²) >= 11 is 0. The molecule has 2 saturated carbocycles. The van der Waals surface area contributed by atoms with E-state index in [2.05, 4.69) is 11.4 Å². The average Bonchev–Trinajstić information content (AvgIpc) is 3.17. The Bertz CT molecular complexity index is 287. The minimum Gasteiger partial charge on any atom is -0.378 e. The second-order valence-electron chi connectivity index (χ2n) is 6.10. The number of nitrogens with one attached hydrogen (secondary N) is 1. The maximum absolute atomic E-state index is 9.28. The largest absolute Gasteiger partial charge is 0.378 e. The lowest BCUT2D eigenvalue weighted by molar-refractivity contribution is 0.0344. The van der Waals surface area contributed by atoms with Crippen LogP contribution in [0.2, 0.25) is 0 Å². The standard InChI is InChI=1S/C15H26N2O/c1-15(12-16,17-13-8-9-13)10-11-18-14-6-4-2-3-5-7-14/h13-14,17H,2-11H2,1H3. The molecule has 2 aliphatic rings. The minimum atomic E-state index is -0.397. The molecule has 3 nitrogen and oxygen atoms in total. The monoisotopic (exact) mass is 250 g/mol. The van der Waals surface area contributed by atoms with Gasteiger partial charge in [-0.05, 0) is 32.6 Å². The van der Waals surface area contributed by atoms with E-state index in [0.29, 0.717) is 18.8 Å². The predicted octanol–water partition coefficient (Wildman–Crippen LogP) is 3.15. The molecule has 0 spiro atoms. The van der Waals surface area contributed by atoms with Crippen LogP contribution in [-0.4, -0.2) is 24.3 Å². The molecule has 0 bridgehead atoms. The Morgan fingerprint density at radius 3 is 2.39 bits per heavy atom. The quantitative estimate of drug-likeness (QED) is 0.737. The van der Waals surface area contributed by atoms with Gasteiger partial charge >= 0.3 is 0 Å². The van der Waals surface area contributed by atoms with E-state index in [1.807, 2.05) is 6.92 Å². The Balaban J connectivity index is 1.67. The van der Waals surface area contributed by atoms with Gasteiger partial charge in [-0.15, -0.1) is 0 Å². The Morgan fingerprint density at radius 1 is 1.17 bits per heavy atom. The van der Waals surface area contributed by atoms with Gasteiger partial charge in [-0.2, -0.15) is 5.26 Å². The fourth-order valence-corrected chi connectivity index (χ4v) is 2.68. The molecule has 2 aliphatic carbocycles. The lowest BCUT2D eigenvalue weighted by Crippen LogP contribution is -2.43. The summed E-state index contributed by atoms with van der Waals surface area (Å²) in [6.45, 7) is 2.72. The molecule has 1 atom stereocenters. The summed E-state index contributed by atoms with van der Waals surface area (Å²) in [4.78, 5) is 0. The first-order chi connectivity index (χ1) is 8.72. The van der Waals surface area contributed by atoms with Crippen molar-refractivity contribution in [3.05, 3.63) is 0 Å². The summed E-state index contributed by atoms with van der Waals surface area (Å²) in [7, 11) is 0. The van der Waals surface area contributed by atoms with Crippen molar-refractivity contribution < 1.29 is 4.74 Å². The molecule has 1 unspecified atom stereocenters. The summed E-state index contributed by atoms with van der Waals surface area (Å²) in [6, 6.07) is 2.99. The molecule has 102 valence electrons. The fraction of sp³-hybridized carbons (Fsp3) is 0.933. The van der Waals surface area contributed by atoms with E-state index >= 15 is 0 Å². The molecule has 0 heterocycles. The summed E-state index contributed by atoms with van der Waals surface area (Å²) < 4.78 is 5.97. The van der Waals surface area contributed by atoms with E-state index in [9.17, 15) is 5.26 Å². The van der Waals surface area contributed by atoms with Crippen LogP contribution >= 0.6 is 0 Å². The van der Waals surface area contributed by atoms with Crippen LogP contribution in [0.15, 0.2) is 0 Å². The Morgan fingerprint density at radius 2 is 1.83 bits per heavy atom. The van der Waals surface area contributed by atoms with Gasteiger partial charge in [-0.25, -0.2) is 0 Å². The summed E-state index contributed by atoms with van der Waals surface area (Å²) in [5.41, 5.74) is -0.397. The minimum absolute atomic E-state index is 0.397. The second-order valence-corrected chi connectivity index (χ2v) is 6.10. The van der Waals surface area contributed by atoms with Crippen LogP contribution in [0.3, 0.4) is 0 Å². The van der Waals surface area contributed by atoms with E-state index < -0.39 is 5.54 Å². The molecule has 0 aromatic rings. The third-order valence-corrected chi connectivity index (χ3v) is 4.10.